The highest BCUT2D eigenvalue weighted by atomic mass is 79.9. The van der Waals surface area contributed by atoms with Crippen LogP contribution in [0.5, 0.6) is 0 Å². The van der Waals surface area contributed by atoms with Crippen LogP contribution in [0.15, 0.2) is 16.6 Å². The van der Waals surface area contributed by atoms with Gasteiger partial charge in [0, 0.05) is 5.56 Å². The summed E-state index contributed by atoms with van der Waals surface area (Å²) < 4.78 is 12.8. The highest BCUT2D eigenvalue weighted by Gasteiger charge is 2.21. The average Bonchev–Trinajstić information content (AvgIpc) is 1.99. The van der Waals surface area contributed by atoms with Crippen LogP contribution < -0.4 is 0 Å². The van der Waals surface area contributed by atoms with Gasteiger partial charge in [0.25, 0.3) is 5.69 Å². The summed E-state index contributed by atoms with van der Waals surface area (Å²) in [5.41, 5.74) is -0.585. The molecule has 5 nitrogen and oxygen atoms in total. The quantitative estimate of drug-likeness (QED) is 0.678. The fraction of sp³-hybridized carbons (Fsp3) is 0.125. The number of hydrogen-bond donors (Lipinski definition) is 1. The van der Waals surface area contributed by atoms with Gasteiger partial charge in [-0.3, -0.25) is 14.9 Å². The van der Waals surface area contributed by atoms with Crippen molar-refractivity contribution >= 4 is 27.6 Å². The fourth-order valence-corrected chi connectivity index (χ4v) is 1.74. The molecule has 0 aromatic heterocycles. The maximum absolute atomic E-state index is 12.9. The van der Waals surface area contributed by atoms with E-state index in [0.717, 1.165) is 12.1 Å². The van der Waals surface area contributed by atoms with E-state index >= 15 is 0 Å². The molecule has 0 aliphatic heterocycles. The Bertz CT molecular complexity index is 435. The van der Waals surface area contributed by atoms with Gasteiger partial charge in [0.2, 0.25) is 0 Å². The van der Waals surface area contributed by atoms with Crippen LogP contribution in [0.3, 0.4) is 0 Å². The molecule has 0 heterocycles. The first-order chi connectivity index (χ1) is 6.91. The molecule has 0 aliphatic rings. The first-order valence-corrected chi connectivity index (χ1v) is 4.55. The van der Waals surface area contributed by atoms with E-state index in [9.17, 15) is 19.3 Å². The van der Waals surface area contributed by atoms with Gasteiger partial charge in [0.15, 0.2) is 0 Å². The van der Waals surface area contributed by atoms with E-state index in [2.05, 4.69) is 15.9 Å². The Morgan fingerprint density at radius 2 is 2.20 bits per heavy atom. The Kier molecular flexibility index (Phi) is 3.35. The summed E-state index contributed by atoms with van der Waals surface area (Å²) in [7, 11) is 0. The molecule has 0 aliphatic carbocycles. The number of carboxylic acid groups (broad SMARTS) is 1. The van der Waals surface area contributed by atoms with E-state index in [1.807, 2.05) is 0 Å². The molecule has 15 heavy (non-hydrogen) atoms. The van der Waals surface area contributed by atoms with Crippen molar-refractivity contribution in [1.82, 2.24) is 0 Å². The molecule has 1 aromatic rings. The van der Waals surface area contributed by atoms with Gasteiger partial charge in [-0.25, -0.2) is 4.39 Å². The summed E-state index contributed by atoms with van der Waals surface area (Å²) in [6, 6.07) is 1.76. The highest BCUT2D eigenvalue weighted by molar-refractivity contribution is 9.10. The van der Waals surface area contributed by atoms with Crippen molar-refractivity contribution in [2.45, 2.75) is 6.42 Å². The first-order valence-electron chi connectivity index (χ1n) is 3.76. The fourth-order valence-electron chi connectivity index (χ4n) is 1.12. The molecule has 0 atom stereocenters. The van der Waals surface area contributed by atoms with Crippen LogP contribution >= 0.6 is 15.9 Å². The zero-order valence-corrected chi connectivity index (χ0v) is 8.82. The van der Waals surface area contributed by atoms with Gasteiger partial charge < -0.3 is 5.11 Å². The smallest absolute Gasteiger partial charge is 0.308 e. The van der Waals surface area contributed by atoms with Gasteiger partial charge >= 0.3 is 5.97 Å². The number of nitro groups is 1. The average molecular weight is 278 g/mol. The largest absolute Gasteiger partial charge is 0.481 e. The minimum absolute atomic E-state index is 0.0660. The Morgan fingerprint density at radius 3 is 2.67 bits per heavy atom. The van der Waals surface area contributed by atoms with E-state index < -0.39 is 28.8 Å². The second-order valence-corrected chi connectivity index (χ2v) is 3.58. The van der Waals surface area contributed by atoms with E-state index in [1.54, 1.807) is 0 Å². The third-order valence-corrected chi connectivity index (χ3v) is 2.24. The molecular weight excluding hydrogens is 273 g/mol. The number of carboxylic acids is 1. The summed E-state index contributed by atoms with van der Waals surface area (Å²) >= 11 is 2.81. The second-order valence-electron chi connectivity index (χ2n) is 2.72. The van der Waals surface area contributed by atoms with Crippen LogP contribution in [-0.2, 0) is 11.2 Å². The molecule has 7 heteroatoms. The molecule has 0 spiro atoms. The lowest BCUT2D eigenvalue weighted by atomic mass is 10.1. The van der Waals surface area contributed by atoms with Gasteiger partial charge in [-0.1, -0.05) is 0 Å². The van der Waals surface area contributed by atoms with Gasteiger partial charge in [-0.05, 0) is 28.1 Å². The lowest BCUT2D eigenvalue weighted by Gasteiger charge is -2.02. The van der Waals surface area contributed by atoms with E-state index in [0.29, 0.717) is 0 Å². The maximum Gasteiger partial charge on any atom is 0.308 e. The Labute approximate surface area is 91.8 Å². The standard InChI is InChI=1S/C8H5BrFNO4/c9-6-3-5(10)1-4(2-7(12)13)8(6)11(14)15/h1,3H,2H2,(H,12,13). The SMILES string of the molecule is O=C(O)Cc1cc(F)cc(Br)c1[N+](=O)[O-]. The zero-order chi connectivity index (χ0) is 11.6. The van der Waals surface area contributed by atoms with E-state index in [4.69, 9.17) is 5.11 Å². The van der Waals surface area contributed by atoms with Gasteiger partial charge in [0.05, 0.1) is 15.8 Å². The molecule has 80 valence electrons. The van der Waals surface area contributed by atoms with Crippen LogP contribution in [0.4, 0.5) is 10.1 Å². The Hall–Kier alpha value is -1.50. The van der Waals surface area contributed by atoms with E-state index in [-0.39, 0.29) is 10.0 Å². The second kappa shape index (κ2) is 4.35. The number of aliphatic carboxylic acids is 1. The number of rotatable bonds is 3. The van der Waals surface area contributed by atoms with Gasteiger partial charge in [-0.2, -0.15) is 0 Å². The molecular formula is C8H5BrFNO4. The van der Waals surface area contributed by atoms with Gasteiger partial charge in [-0.15, -0.1) is 0 Å². The topological polar surface area (TPSA) is 80.4 Å². The van der Waals surface area contributed by atoms with Crippen LogP contribution in [0.25, 0.3) is 0 Å². The predicted octanol–water partition coefficient (Wildman–Crippen LogP) is 2.12. The summed E-state index contributed by atoms with van der Waals surface area (Å²) in [5, 5.41) is 19.1. The third kappa shape index (κ3) is 2.72. The normalized spacial score (nSPS) is 10.0. The molecule has 0 unspecified atom stereocenters. The minimum Gasteiger partial charge on any atom is -0.481 e. The molecule has 0 fully saturated rings. The molecule has 1 rings (SSSR count). The number of nitro benzene ring substituents is 1. The molecule has 0 radical (unpaired) electrons. The van der Waals surface area contributed by atoms with Crippen LogP contribution in [0.2, 0.25) is 0 Å². The molecule has 1 N–H and O–H groups in total. The van der Waals surface area contributed by atoms with E-state index in [1.165, 1.54) is 0 Å². The van der Waals surface area contributed by atoms with Crippen molar-refractivity contribution in [2.75, 3.05) is 0 Å². The first kappa shape index (κ1) is 11.6. The Morgan fingerprint density at radius 1 is 1.60 bits per heavy atom. The highest BCUT2D eigenvalue weighted by Crippen LogP contribution is 2.30. The lowest BCUT2D eigenvalue weighted by Crippen LogP contribution is -2.05. The number of carbonyl (C=O) groups is 1. The lowest BCUT2D eigenvalue weighted by molar-refractivity contribution is -0.386. The number of nitrogens with zero attached hydrogens (tertiary/aromatic N) is 1. The monoisotopic (exact) mass is 277 g/mol. The van der Waals surface area contributed by atoms with Crippen molar-refractivity contribution in [3.8, 4) is 0 Å². The molecule has 0 bridgehead atoms. The number of halogens is 2. The Balaban J connectivity index is 3.33. The van der Waals surface area contributed by atoms with Gasteiger partial charge in [0.1, 0.15) is 5.82 Å². The van der Waals surface area contributed by atoms with Crippen LogP contribution in [0.1, 0.15) is 5.56 Å². The summed E-state index contributed by atoms with van der Waals surface area (Å²) in [5.74, 6) is -1.97. The molecule has 0 amide bonds. The number of hydrogen-bond acceptors (Lipinski definition) is 3. The van der Waals surface area contributed by atoms with Crippen molar-refractivity contribution in [1.29, 1.82) is 0 Å². The zero-order valence-electron chi connectivity index (χ0n) is 7.24. The summed E-state index contributed by atoms with van der Waals surface area (Å²) in [6.07, 6.45) is -0.591. The molecule has 1 aromatic carbocycles. The maximum atomic E-state index is 12.9. The third-order valence-electron chi connectivity index (χ3n) is 1.63. The number of benzene rings is 1. The van der Waals surface area contributed by atoms with Crippen molar-refractivity contribution in [3.05, 3.63) is 38.1 Å². The predicted molar refractivity (Wildman–Crippen MR) is 52.1 cm³/mol. The minimum atomic E-state index is -1.25. The van der Waals surface area contributed by atoms with Crippen molar-refractivity contribution < 1.29 is 19.2 Å². The van der Waals surface area contributed by atoms with Crippen LogP contribution in [0, 0.1) is 15.9 Å². The van der Waals surface area contributed by atoms with Crippen molar-refractivity contribution in [2.24, 2.45) is 0 Å². The van der Waals surface area contributed by atoms with Crippen molar-refractivity contribution in [3.63, 3.8) is 0 Å². The summed E-state index contributed by atoms with van der Waals surface area (Å²) in [4.78, 5) is 20.3. The molecule has 0 saturated carbocycles. The molecule has 0 saturated heterocycles. The van der Waals surface area contributed by atoms with Crippen LogP contribution in [-0.4, -0.2) is 16.0 Å². The summed E-state index contributed by atoms with van der Waals surface area (Å²) in [6.45, 7) is 0.